The van der Waals surface area contributed by atoms with Gasteiger partial charge in [0, 0.05) is 11.4 Å². The molecule has 0 N–H and O–H groups in total. The summed E-state index contributed by atoms with van der Waals surface area (Å²) in [5, 5.41) is 9.83. The number of hydrogen-bond acceptors (Lipinski definition) is 2. The first kappa shape index (κ1) is 16.8. The fourth-order valence-corrected chi connectivity index (χ4v) is 2.42. The van der Waals surface area contributed by atoms with Crippen molar-refractivity contribution in [3.63, 3.8) is 0 Å². The number of benzene rings is 2. The fourth-order valence-electron chi connectivity index (χ4n) is 2.26. The predicted molar refractivity (Wildman–Crippen MR) is 93.2 cm³/mol. The highest BCUT2D eigenvalue weighted by Gasteiger charge is 2.19. The van der Waals surface area contributed by atoms with E-state index in [1.165, 1.54) is 0 Å². The third-order valence-electron chi connectivity index (χ3n) is 3.42. The summed E-state index contributed by atoms with van der Waals surface area (Å²) >= 11 is 6.07. The molecule has 1 amide bonds. The summed E-state index contributed by atoms with van der Waals surface area (Å²) in [4.78, 5) is 14.2. The van der Waals surface area contributed by atoms with Crippen molar-refractivity contribution in [2.75, 3.05) is 4.90 Å². The number of rotatable bonds is 6. The molecule has 2 aromatic rings. The van der Waals surface area contributed by atoms with Gasteiger partial charge in [-0.2, -0.15) is 5.26 Å². The molecule has 0 atom stereocenters. The Balaban J connectivity index is 2.41. The summed E-state index contributed by atoms with van der Waals surface area (Å²) in [6.45, 7) is 4.05. The number of anilines is 1. The first-order chi connectivity index (χ1) is 11.2. The largest absolute Gasteiger partial charge is 0.307 e. The summed E-state index contributed by atoms with van der Waals surface area (Å²) < 4.78 is 0. The van der Waals surface area contributed by atoms with Crippen LogP contribution in [0.2, 0.25) is 5.02 Å². The maximum atomic E-state index is 12.6. The SMILES string of the molecule is C=CCCC(=O)N(Cc1ccccc1)c1cc(Cl)ccc1C#N. The minimum Gasteiger partial charge on any atom is -0.307 e. The molecular weight excluding hydrogens is 308 g/mol. The fraction of sp³-hybridized carbons (Fsp3) is 0.158. The van der Waals surface area contributed by atoms with Gasteiger partial charge in [-0.05, 0) is 30.2 Å². The van der Waals surface area contributed by atoms with Gasteiger partial charge in [-0.1, -0.05) is 48.0 Å². The molecule has 0 unspecified atom stereocenters. The highest BCUT2D eigenvalue weighted by molar-refractivity contribution is 6.31. The van der Waals surface area contributed by atoms with E-state index < -0.39 is 0 Å². The highest BCUT2D eigenvalue weighted by atomic mass is 35.5. The van der Waals surface area contributed by atoms with Gasteiger partial charge in [0.05, 0.1) is 17.8 Å². The molecule has 0 aromatic heterocycles. The third kappa shape index (κ3) is 4.45. The number of nitriles is 1. The highest BCUT2D eigenvalue weighted by Crippen LogP contribution is 2.27. The molecule has 0 saturated carbocycles. The van der Waals surface area contributed by atoms with E-state index in [1.807, 2.05) is 30.3 Å². The molecule has 4 heteroatoms. The lowest BCUT2D eigenvalue weighted by molar-refractivity contribution is -0.118. The van der Waals surface area contributed by atoms with Gasteiger partial charge >= 0.3 is 0 Å². The minimum atomic E-state index is -0.0625. The van der Waals surface area contributed by atoms with E-state index in [2.05, 4.69) is 12.6 Å². The van der Waals surface area contributed by atoms with Crippen LogP contribution < -0.4 is 4.90 Å². The normalized spacial score (nSPS) is 9.91. The molecule has 23 heavy (non-hydrogen) atoms. The number of halogens is 1. The van der Waals surface area contributed by atoms with Crippen LogP contribution in [0.4, 0.5) is 5.69 Å². The number of hydrogen-bond donors (Lipinski definition) is 0. The van der Waals surface area contributed by atoms with Crippen LogP contribution in [-0.4, -0.2) is 5.91 Å². The van der Waals surface area contributed by atoms with E-state index in [9.17, 15) is 10.1 Å². The first-order valence-electron chi connectivity index (χ1n) is 7.30. The standard InChI is InChI=1S/C19H17ClN2O/c1-2-3-9-19(23)22(14-15-7-5-4-6-8-15)18-12-17(20)11-10-16(18)13-21/h2,4-8,10-12H,1,3,9,14H2. The second-order valence-electron chi connectivity index (χ2n) is 5.07. The zero-order valence-electron chi connectivity index (χ0n) is 12.7. The van der Waals surface area contributed by atoms with Crippen molar-refractivity contribution in [2.45, 2.75) is 19.4 Å². The molecule has 0 aliphatic rings. The van der Waals surface area contributed by atoms with Gasteiger partial charge in [-0.15, -0.1) is 6.58 Å². The van der Waals surface area contributed by atoms with Crippen molar-refractivity contribution >= 4 is 23.2 Å². The lowest BCUT2D eigenvalue weighted by Gasteiger charge is -2.24. The Morgan fingerprint density at radius 3 is 2.65 bits per heavy atom. The van der Waals surface area contributed by atoms with Gasteiger partial charge in [0.1, 0.15) is 6.07 Å². The molecule has 0 fully saturated rings. The molecule has 0 spiro atoms. The Morgan fingerprint density at radius 1 is 1.26 bits per heavy atom. The third-order valence-corrected chi connectivity index (χ3v) is 3.65. The zero-order chi connectivity index (χ0) is 16.7. The molecule has 2 aromatic carbocycles. The summed E-state index contributed by atoms with van der Waals surface area (Å²) in [6, 6.07) is 16.7. The van der Waals surface area contributed by atoms with E-state index in [0.29, 0.717) is 35.7 Å². The van der Waals surface area contributed by atoms with E-state index in [4.69, 9.17) is 11.6 Å². The van der Waals surface area contributed by atoms with Crippen LogP contribution in [0.5, 0.6) is 0 Å². The minimum absolute atomic E-state index is 0.0625. The number of amides is 1. The smallest absolute Gasteiger partial charge is 0.227 e. The van der Waals surface area contributed by atoms with E-state index in [1.54, 1.807) is 29.2 Å². The topological polar surface area (TPSA) is 44.1 Å². The van der Waals surface area contributed by atoms with Crippen LogP contribution in [0.3, 0.4) is 0 Å². The Labute approximate surface area is 141 Å². The van der Waals surface area contributed by atoms with Crippen LogP contribution in [0.1, 0.15) is 24.0 Å². The molecule has 116 valence electrons. The molecule has 0 aliphatic heterocycles. The second kappa shape index (κ2) is 8.17. The van der Waals surface area contributed by atoms with E-state index in [0.717, 1.165) is 5.56 Å². The lowest BCUT2D eigenvalue weighted by Crippen LogP contribution is -2.30. The van der Waals surface area contributed by atoms with Crippen LogP contribution >= 0.6 is 11.6 Å². The summed E-state index contributed by atoms with van der Waals surface area (Å²) in [5.41, 5.74) is 1.96. The molecule has 0 aliphatic carbocycles. The number of carbonyl (C=O) groups excluding carboxylic acids is 1. The monoisotopic (exact) mass is 324 g/mol. The van der Waals surface area contributed by atoms with Gasteiger partial charge in [0.15, 0.2) is 0 Å². The van der Waals surface area contributed by atoms with Gasteiger partial charge in [-0.25, -0.2) is 0 Å². The van der Waals surface area contributed by atoms with Gasteiger partial charge in [0.25, 0.3) is 0 Å². The van der Waals surface area contributed by atoms with Crippen molar-refractivity contribution in [1.29, 1.82) is 5.26 Å². The summed E-state index contributed by atoms with van der Waals surface area (Å²) in [6.07, 6.45) is 2.64. The van der Waals surface area contributed by atoms with Crippen LogP contribution in [-0.2, 0) is 11.3 Å². The summed E-state index contributed by atoms with van der Waals surface area (Å²) in [5.74, 6) is -0.0625. The summed E-state index contributed by atoms with van der Waals surface area (Å²) in [7, 11) is 0. The number of nitrogens with zero attached hydrogens (tertiary/aromatic N) is 2. The van der Waals surface area contributed by atoms with E-state index in [-0.39, 0.29) is 5.91 Å². The first-order valence-corrected chi connectivity index (χ1v) is 7.68. The number of carbonyl (C=O) groups is 1. The molecule has 3 nitrogen and oxygen atoms in total. The maximum Gasteiger partial charge on any atom is 0.227 e. The second-order valence-corrected chi connectivity index (χ2v) is 5.50. The maximum absolute atomic E-state index is 12.6. The van der Waals surface area contributed by atoms with Gasteiger partial charge in [0.2, 0.25) is 5.91 Å². The molecule has 2 rings (SSSR count). The quantitative estimate of drug-likeness (QED) is 0.722. The van der Waals surface area contributed by atoms with Crippen molar-refractivity contribution in [2.24, 2.45) is 0 Å². The molecule has 0 radical (unpaired) electrons. The molecule has 0 bridgehead atoms. The molecule has 0 heterocycles. The van der Waals surface area contributed by atoms with Crippen molar-refractivity contribution in [1.82, 2.24) is 0 Å². The Bertz CT molecular complexity index is 735. The zero-order valence-corrected chi connectivity index (χ0v) is 13.5. The molecular formula is C19H17ClN2O. The Hall–Kier alpha value is -2.57. The van der Waals surface area contributed by atoms with E-state index >= 15 is 0 Å². The predicted octanol–water partition coefficient (Wildman–Crippen LogP) is 4.71. The lowest BCUT2D eigenvalue weighted by atomic mass is 10.1. The van der Waals surface area contributed by atoms with Crippen molar-refractivity contribution < 1.29 is 4.79 Å². The van der Waals surface area contributed by atoms with Crippen molar-refractivity contribution in [3.05, 3.63) is 77.3 Å². The average Bonchev–Trinajstić information content (AvgIpc) is 2.58. The van der Waals surface area contributed by atoms with Crippen LogP contribution in [0.15, 0.2) is 61.2 Å². The Morgan fingerprint density at radius 2 is 2.00 bits per heavy atom. The van der Waals surface area contributed by atoms with Crippen LogP contribution in [0.25, 0.3) is 0 Å². The van der Waals surface area contributed by atoms with Gasteiger partial charge < -0.3 is 4.90 Å². The molecule has 0 saturated heterocycles. The average molecular weight is 325 g/mol. The Kier molecular flexibility index (Phi) is 5.96. The van der Waals surface area contributed by atoms with Gasteiger partial charge in [-0.3, -0.25) is 4.79 Å². The van der Waals surface area contributed by atoms with Crippen molar-refractivity contribution in [3.8, 4) is 6.07 Å². The van der Waals surface area contributed by atoms with Crippen LogP contribution in [0, 0.1) is 11.3 Å². The number of allylic oxidation sites excluding steroid dienone is 1.